The Morgan fingerprint density at radius 2 is 1.88 bits per heavy atom. The van der Waals surface area contributed by atoms with Gasteiger partial charge in [0.2, 0.25) is 5.91 Å². The maximum Gasteiger partial charge on any atom is 0.237 e. The van der Waals surface area contributed by atoms with Crippen LogP contribution < -0.4 is 15.8 Å². The SMILES string of the molecule is CSCC[C@H](N)C(=O)NCCOc1ccccc1-c1ccccc1. The zero-order valence-corrected chi connectivity index (χ0v) is 14.7. The third-order valence-electron chi connectivity index (χ3n) is 3.60. The highest BCUT2D eigenvalue weighted by molar-refractivity contribution is 7.98. The van der Waals surface area contributed by atoms with Gasteiger partial charge in [-0.3, -0.25) is 4.79 Å². The quantitative estimate of drug-likeness (QED) is 0.687. The van der Waals surface area contributed by atoms with Crippen molar-refractivity contribution in [2.75, 3.05) is 25.2 Å². The summed E-state index contributed by atoms with van der Waals surface area (Å²) in [4.78, 5) is 11.8. The summed E-state index contributed by atoms with van der Waals surface area (Å²) in [6.07, 6.45) is 2.69. The first-order valence-electron chi connectivity index (χ1n) is 8.02. The Morgan fingerprint density at radius 3 is 2.62 bits per heavy atom. The molecule has 0 saturated heterocycles. The van der Waals surface area contributed by atoms with Crippen LogP contribution in [0.5, 0.6) is 5.75 Å². The second kappa shape index (κ2) is 10.0. The molecule has 0 bridgehead atoms. The molecule has 1 atom stereocenters. The van der Waals surface area contributed by atoms with E-state index in [2.05, 4.69) is 17.4 Å². The van der Waals surface area contributed by atoms with E-state index < -0.39 is 6.04 Å². The summed E-state index contributed by atoms with van der Waals surface area (Å²) >= 11 is 1.69. The molecule has 0 aliphatic rings. The van der Waals surface area contributed by atoms with Crippen molar-refractivity contribution in [2.24, 2.45) is 5.73 Å². The Bertz CT molecular complexity index is 634. The van der Waals surface area contributed by atoms with Crippen molar-refractivity contribution in [3.63, 3.8) is 0 Å². The van der Waals surface area contributed by atoms with Crippen molar-refractivity contribution < 1.29 is 9.53 Å². The molecule has 3 N–H and O–H groups in total. The van der Waals surface area contributed by atoms with Crippen LogP contribution in [0.2, 0.25) is 0 Å². The molecule has 0 aliphatic carbocycles. The van der Waals surface area contributed by atoms with Crippen molar-refractivity contribution in [1.29, 1.82) is 0 Å². The highest BCUT2D eigenvalue weighted by Crippen LogP contribution is 2.29. The second-order valence-corrected chi connectivity index (χ2v) is 6.38. The first-order chi connectivity index (χ1) is 11.7. The van der Waals surface area contributed by atoms with E-state index in [0.29, 0.717) is 19.6 Å². The van der Waals surface area contributed by atoms with Gasteiger partial charge in [-0.2, -0.15) is 11.8 Å². The van der Waals surface area contributed by atoms with Crippen molar-refractivity contribution in [1.82, 2.24) is 5.32 Å². The number of carbonyl (C=O) groups is 1. The van der Waals surface area contributed by atoms with Gasteiger partial charge in [0.1, 0.15) is 12.4 Å². The van der Waals surface area contributed by atoms with Crippen LogP contribution >= 0.6 is 11.8 Å². The van der Waals surface area contributed by atoms with Crippen LogP contribution in [0.25, 0.3) is 11.1 Å². The summed E-state index contributed by atoms with van der Waals surface area (Å²) in [6.45, 7) is 0.847. The fourth-order valence-electron chi connectivity index (χ4n) is 2.29. The molecule has 0 spiro atoms. The molecule has 0 aliphatic heterocycles. The van der Waals surface area contributed by atoms with Gasteiger partial charge in [0.05, 0.1) is 12.6 Å². The van der Waals surface area contributed by atoms with Crippen LogP contribution in [0.15, 0.2) is 54.6 Å². The fraction of sp³-hybridized carbons (Fsp3) is 0.316. The monoisotopic (exact) mass is 344 g/mol. The van der Waals surface area contributed by atoms with E-state index in [1.54, 1.807) is 11.8 Å². The van der Waals surface area contributed by atoms with E-state index >= 15 is 0 Å². The number of benzene rings is 2. The molecule has 2 rings (SSSR count). The minimum Gasteiger partial charge on any atom is -0.491 e. The molecule has 0 unspecified atom stereocenters. The van der Waals surface area contributed by atoms with Crippen molar-refractivity contribution in [3.8, 4) is 16.9 Å². The number of hydrogen-bond acceptors (Lipinski definition) is 4. The number of para-hydroxylation sites is 1. The third kappa shape index (κ3) is 5.58. The average molecular weight is 344 g/mol. The number of amides is 1. The van der Waals surface area contributed by atoms with Gasteiger partial charge < -0.3 is 15.8 Å². The van der Waals surface area contributed by atoms with Gasteiger partial charge in [0.15, 0.2) is 0 Å². The number of rotatable bonds is 9. The molecule has 4 nitrogen and oxygen atoms in total. The summed E-state index contributed by atoms with van der Waals surface area (Å²) in [7, 11) is 0. The lowest BCUT2D eigenvalue weighted by molar-refractivity contribution is -0.122. The lowest BCUT2D eigenvalue weighted by Gasteiger charge is -2.14. The Balaban J connectivity index is 1.84. The first kappa shape index (κ1) is 18.4. The minimum absolute atomic E-state index is 0.121. The van der Waals surface area contributed by atoms with E-state index in [0.717, 1.165) is 22.6 Å². The van der Waals surface area contributed by atoms with Crippen LogP contribution in [-0.2, 0) is 4.79 Å². The molecule has 0 radical (unpaired) electrons. The van der Waals surface area contributed by atoms with Gasteiger partial charge in [-0.05, 0) is 30.1 Å². The Morgan fingerprint density at radius 1 is 1.17 bits per heavy atom. The van der Waals surface area contributed by atoms with Gasteiger partial charge >= 0.3 is 0 Å². The third-order valence-corrected chi connectivity index (χ3v) is 4.24. The summed E-state index contributed by atoms with van der Waals surface area (Å²) < 4.78 is 5.84. The van der Waals surface area contributed by atoms with Gasteiger partial charge in [-0.1, -0.05) is 48.5 Å². The summed E-state index contributed by atoms with van der Waals surface area (Å²) in [6, 6.07) is 17.5. The van der Waals surface area contributed by atoms with E-state index in [-0.39, 0.29) is 5.91 Å². The molecule has 5 heteroatoms. The molecule has 1 amide bonds. The molecular weight excluding hydrogens is 320 g/mol. The Hall–Kier alpha value is -1.98. The normalized spacial score (nSPS) is 11.8. The standard InChI is InChI=1S/C19H24N2O2S/c1-24-14-11-17(20)19(22)21-12-13-23-18-10-6-5-9-16(18)15-7-3-2-4-8-15/h2-10,17H,11-14,20H2,1H3,(H,21,22)/t17-/m0/s1. The van der Waals surface area contributed by atoms with Crippen LogP contribution in [0.4, 0.5) is 0 Å². The molecule has 2 aromatic carbocycles. The number of thioether (sulfide) groups is 1. The van der Waals surface area contributed by atoms with Crippen molar-refractivity contribution in [2.45, 2.75) is 12.5 Å². The second-order valence-electron chi connectivity index (χ2n) is 5.39. The Kier molecular flexibility index (Phi) is 7.65. The van der Waals surface area contributed by atoms with Crippen LogP contribution in [0, 0.1) is 0 Å². The molecule has 0 heterocycles. The van der Waals surface area contributed by atoms with Crippen LogP contribution in [-0.4, -0.2) is 37.1 Å². The molecular formula is C19H24N2O2S. The van der Waals surface area contributed by atoms with E-state index in [9.17, 15) is 4.79 Å². The number of ether oxygens (including phenoxy) is 1. The molecule has 0 aromatic heterocycles. The van der Waals surface area contributed by atoms with Crippen LogP contribution in [0.3, 0.4) is 0 Å². The Labute approximate surface area is 147 Å². The number of hydrogen-bond donors (Lipinski definition) is 2. The summed E-state index contributed by atoms with van der Waals surface area (Å²) in [5, 5.41) is 2.82. The van der Waals surface area contributed by atoms with E-state index in [1.807, 2.05) is 48.7 Å². The molecule has 24 heavy (non-hydrogen) atoms. The smallest absolute Gasteiger partial charge is 0.237 e. The van der Waals surface area contributed by atoms with E-state index in [1.165, 1.54) is 0 Å². The number of carbonyl (C=O) groups excluding carboxylic acids is 1. The largest absolute Gasteiger partial charge is 0.491 e. The maximum absolute atomic E-state index is 11.8. The molecule has 128 valence electrons. The first-order valence-corrected chi connectivity index (χ1v) is 9.41. The molecule has 0 fully saturated rings. The topological polar surface area (TPSA) is 64.4 Å². The van der Waals surface area contributed by atoms with Gasteiger partial charge in [0.25, 0.3) is 0 Å². The predicted molar refractivity (Wildman–Crippen MR) is 101 cm³/mol. The zero-order valence-electron chi connectivity index (χ0n) is 13.9. The summed E-state index contributed by atoms with van der Waals surface area (Å²) in [5.74, 6) is 1.57. The van der Waals surface area contributed by atoms with Gasteiger partial charge in [-0.15, -0.1) is 0 Å². The highest BCUT2D eigenvalue weighted by Gasteiger charge is 2.12. The minimum atomic E-state index is -0.450. The van der Waals surface area contributed by atoms with Gasteiger partial charge in [-0.25, -0.2) is 0 Å². The van der Waals surface area contributed by atoms with E-state index in [4.69, 9.17) is 10.5 Å². The van der Waals surface area contributed by atoms with Crippen LogP contribution in [0.1, 0.15) is 6.42 Å². The average Bonchev–Trinajstić information content (AvgIpc) is 2.64. The highest BCUT2D eigenvalue weighted by atomic mass is 32.2. The molecule has 0 saturated carbocycles. The maximum atomic E-state index is 11.8. The van der Waals surface area contributed by atoms with Crippen molar-refractivity contribution >= 4 is 17.7 Å². The number of nitrogens with one attached hydrogen (secondary N) is 1. The predicted octanol–water partition coefficient (Wildman–Crippen LogP) is 2.93. The zero-order chi connectivity index (χ0) is 17.2. The fourth-order valence-corrected chi connectivity index (χ4v) is 2.78. The lowest BCUT2D eigenvalue weighted by atomic mass is 10.1. The van der Waals surface area contributed by atoms with Crippen molar-refractivity contribution in [3.05, 3.63) is 54.6 Å². The molecule has 2 aromatic rings. The summed E-state index contributed by atoms with van der Waals surface area (Å²) in [5.41, 5.74) is 7.98. The number of nitrogens with two attached hydrogens (primary N) is 1. The lowest BCUT2D eigenvalue weighted by Crippen LogP contribution is -2.42. The van der Waals surface area contributed by atoms with Gasteiger partial charge in [0, 0.05) is 5.56 Å².